The fraction of sp³-hybridized carbons (Fsp3) is 0.538. The number of aromatic nitrogens is 1. The van der Waals surface area contributed by atoms with E-state index in [1.165, 1.54) is 6.20 Å². The monoisotopic (exact) mass is 250 g/mol. The zero-order valence-corrected chi connectivity index (χ0v) is 10.2. The molecule has 1 saturated carbocycles. The topological polar surface area (TPSA) is 82.5 Å². The highest BCUT2D eigenvalue weighted by Gasteiger charge is 2.21. The zero-order chi connectivity index (χ0) is 13.0. The SMILES string of the molecule is O=C(O)c1ccc(CNCC2CCC(O)C2)nc1. The Bertz CT molecular complexity index is 405. The molecular weight excluding hydrogens is 232 g/mol. The molecule has 2 unspecified atom stereocenters. The summed E-state index contributed by atoms with van der Waals surface area (Å²) in [6.45, 7) is 1.51. The minimum absolute atomic E-state index is 0.134. The second-order valence-electron chi connectivity index (χ2n) is 4.81. The van der Waals surface area contributed by atoms with Crippen molar-refractivity contribution >= 4 is 5.97 Å². The lowest BCUT2D eigenvalue weighted by atomic mass is 10.1. The first kappa shape index (κ1) is 13.0. The first-order valence-corrected chi connectivity index (χ1v) is 6.22. The Hall–Kier alpha value is -1.46. The van der Waals surface area contributed by atoms with E-state index in [4.69, 9.17) is 5.11 Å². The lowest BCUT2D eigenvalue weighted by molar-refractivity contribution is 0.0696. The molecule has 1 aromatic rings. The highest BCUT2D eigenvalue weighted by Crippen LogP contribution is 2.24. The van der Waals surface area contributed by atoms with Crippen LogP contribution in [0.25, 0.3) is 0 Å². The van der Waals surface area contributed by atoms with Crippen LogP contribution in [0.1, 0.15) is 35.3 Å². The van der Waals surface area contributed by atoms with Crippen molar-refractivity contribution in [3.05, 3.63) is 29.6 Å². The van der Waals surface area contributed by atoms with Gasteiger partial charge in [0.1, 0.15) is 0 Å². The molecule has 1 aliphatic rings. The minimum Gasteiger partial charge on any atom is -0.478 e. The molecule has 0 aromatic carbocycles. The molecule has 98 valence electrons. The van der Waals surface area contributed by atoms with Crippen molar-refractivity contribution in [3.8, 4) is 0 Å². The zero-order valence-electron chi connectivity index (χ0n) is 10.2. The molecule has 5 heteroatoms. The Morgan fingerprint density at radius 2 is 2.28 bits per heavy atom. The first-order chi connectivity index (χ1) is 8.65. The number of carboxylic acids is 1. The van der Waals surface area contributed by atoms with Gasteiger partial charge in [-0.05, 0) is 43.9 Å². The van der Waals surface area contributed by atoms with E-state index in [-0.39, 0.29) is 11.7 Å². The summed E-state index contributed by atoms with van der Waals surface area (Å²) in [6, 6.07) is 3.28. The van der Waals surface area contributed by atoms with E-state index in [1.807, 2.05) is 0 Å². The normalized spacial score (nSPS) is 23.2. The van der Waals surface area contributed by atoms with Gasteiger partial charge in [0.05, 0.1) is 17.4 Å². The van der Waals surface area contributed by atoms with Gasteiger partial charge in [0, 0.05) is 12.7 Å². The van der Waals surface area contributed by atoms with Crippen LogP contribution in [0.4, 0.5) is 0 Å². The average molecular weight is 250 g/mol. The average Bonchev–Trinajstić information content (AvgIpc) is 2.76. The fourth-order valence-electron chi connectivity index (χ4n) is 2.29. The van der Waals surface area contributed by atoms with Crippen LogP contribution in [0.15, 0.2) is 18.3 Å². The molecule has 5 nitrogen and oxygen atoms in total. The van der Waals surface area contributed by atoms with Crippen molar-refractivity contribution in [1.82, 2.24) is 10.3 Å². The standard InChI is InChI=1S/C13H18N2O3/c16-12-4-1-9(5-12)6-14-8-11-3-2-10(7-15-11)13(17)18/h2-3,7,9,12,14,16H,1,4-6,8H2,(H,17,18). The van der Waals surface area contributed by atoms with Gasteiger partial charge in [0.15, 0.2) is 0 Å². The van der Waals surface area contributed by atoms with Crippen LogP contribution in [-0.2, 0) is 6.54 Å². The Morgan fingerprint density at radius 3 is 2.83 bits per heavy atom. The molecule has 0 saturated heterocycles. The molecule has 2 atom stereocenters. The highest BCUT2D eigenvalue weighted by molar-refractivity contribution is 5.87. The summed E-state index contributed by atoms with van der Waals surface area (Å²) in [4.78, 5) is 14.7. The maximum Gasteiger partial charge on any atom is 0.337 e. The molecule has 1 aromatic heterocycles. The fourth-order valence-corrected chi connectivity index (χ4v) is 2.29. The van der Waals surface area contributed by atoms with Gasteiger partial charge in [-0.15, -0.1) is 0 Å². The number of nitrogens with zero attached hydrogens (tertiary/aromatic N) is 1. The summed E-state index contributed by atoms with van der Waals surface area (Å²) in [5.41, 5.74) is 1.04. The van der Waals surface area contributed by atoms with E-state index in [2.05, 4.69) is 10.3 Å². The summed E-state index contributed by atoms with van der Waals surface area (Å²) < 4.78 is 0. The molecule has 3 N–H and O–H groups in total. The number of rotatable bonds is 5. The molecule has 1 heterocycles. The quantitative estimate of drug-likeness (QED) is 0.727. The van der Waals surface area contributed by atoms with Gasteiger partial charge in [-0.3, -0.25) is 4.98 Å². The van der Waals surface area contributed by atoms with Crippen molar-refractivity contribution in [2.24, 2.45) is 5.92 Å². The van der Waals surface area contributed by atoms with Gasteiger partial charge in [-0.25, -0.2) is 4.79 Å². The molecular formula is C13H18N2O3. The molecule has 18 heavy (non-hydrogen) atoms. The van der Waals surface area contributed by atoms with E-state index < -0.39 is 5.97 Å². The van der Waals surface area contributed by atoms with Crippen LogP contribution < -0.4 is 5.32 Å². The summed E-state index contributed by atoms with van der Waals surface area (Å²) in [6.07, 6.45) is 4.08. The summed E-state index contributed by atoms with van der Waals surface area (Å²) >= 11 is 0. The van der Waals surface area contributed by atoms with Crippen LogP contribution in [0.5, 0.6) is 0 Å². The molecule has 0 spiro atoms. The lowest BCUT2D eigenvalue weighted by Crippen LogP contribution is -2.22. The first-order valence-electron chi connectivity index (χ1n) is 6.22. The summed E-state index contributed by atoms with van der Waals surface area (Å²) in [5.74, 6) is -0.416. The van der Waals surface area contributed by atoms with Crippen LogP contribution in [0.3, 0.4) is 0 Å². The van der Waals surface area contributed by atoms with E-state index in [0.717, 1.165) is 31.5 Å². The van der Waals surface area contributed by atoms with Crippen molar-refractivity contribution in [3.63, 3.8) is 0 Å². The smallest absolute Gasteiger partial charge is 0.337 e. The van der Waals surface area contributed by atoms with Gasteiger partial charge in [0.2, 0.25) is 0 Å². The molecule has 1 fully saturated rings. The number of pyridine rings is 1. The van der Waals surface area contributed by atoms with Crippen molar-refractivity contribution in [2.45, 2.75) is 31.9 Å². The van der Waals surface area contributed by atoms with Crippen LogP contribution in [0, 0.1) is 5.92 Å². The molecule has 0 bridgehead atoms. The Morgan fingerprint density at radius 1 is 1.44 bits per heavy atom. The number of hydrogen-bond acceptors (Lipinski definition) is 4. The van der Waals surface area contributed by atoms with Gasteiger partial charge in [-0.1, -0.05) is 0 Å². The van der Waals surface area contributed by atoms with Gasteiger partial charge in [0.25, 0.3) is 0 Å². The molecule has 1 aliphatic carbocycles. The third-order valence-corrected chi connectivity index (χ3v) is 3.32. The van der Waals surface area contributed by atoms with Gasteiger partial charge >= 0.3 is 5.97 Å². The second-order valence-corrected chi connectivity index (χ2v) is 4.81. The number of aromatic carboxylic acids is 1. The van der Waals surface area contributed by atoms with E-state index in [1.54, 1.807) is 12.1 Å². The predicted molar refractivity (Wildman–Crippen MR) is 66.3 cm³/mol. The van der Waals surface area contributed by atoms with Crippen molar-refractivity contribution < 1.29 is 15.0 Å². The van der Waals surface area contributed by atoms with Crippen molar-refractivity contribution in [2.75, 3.05) is 6.54 Å². The van der Waals surface area contributed by atoms with Crippen LogP contribution >= 0.6 is 0 Å². The third kappa shape index (κ3) is 3.51. The number of carboxylic acid groups (broad SMARTS) is 1. The Labute approximate surface area is 106 Å². The highest BCUT2D eigenvalue weighted by atomic mass is 16.4. The number of aliphatic hydroxyl groups excluding tert-OH is 1. The second kappa shape index (κ2) is 5.93. The molecule has 2 rings (SSSR count). The number of nitrogens with one attached hydrogen (secondary N) is 1. The summed E-state index contributed by atoms with van der Waals surface area (Å²) in [7, 11) is 0. The van der Waals surface area contributed by atoms with Crippen molar-refractivity contribution in [1.29, 1.82) is 0 Å². The Balaban J connectivity index is 1.75. The third-order valence-electron chi connectivity index (χ3n) is 3.32. The van der Waals surface area contributed by atoms with Gasteiger partial charge < -0.3 is 15.5 Å². The maximum atomic E-state index is 10.7. The molecule has 0 radical (unpaired) electrons. The molecule has 0 amide bonds. The van der Waals surface area contributed by atoms with Crippen LogP contribution in [0.2, 0.25) is 0 Å². The number of hydrogen-bond donors (Lipinski definition) is 3. The van der Waals surface area contributed by atoms with Crippen LogP contribution in [-0.4, -0.2) is 33.8 Å². The van der Waals surface area contributed by atoms with E-state index >= 15 is 0 Å². The number of aliphatic hydroxyl groups is 1. The van der Waals surface area contributed by atoms with Gasteiger partial charge in [-0.2, -0.15) is 0 Å². The molecule has 0 aliphatic heterocycles. The Kier molecular flexibility index (Phi) is 4.28. The largest absolute Gasteiger partial charge is 0.478 e. The predicted octanol–water partition coefficient (Wildman–Crippen LogP) is 1.03. The van der Waals surface area contributed by atoms with E-state index in [0.29, 0.717) is 12.5 Å². The summed E-state index contributed by atoms with van der Waals surface area (Å²) in [5, 5.41) is 21.4. The maximum absolute atomic E-state index is 10.7. The van der Waals surface area contributed by atoms with E-state index in [9.17, 15) is 9.90 Å². The number of carbonyl (C=O) groups is 1. The lowest BCUT2D eigenvalue weighted by Gasteiger charge is -2.10. The minimum atomic E-state index is -0.957.